The Hall–Kier alpha value is -3.07. The Morgan fingerprint density at radius 3 is 1.96 bits per heavy atom. The zero-order chi connectivity index (χ0) is 18.1. The van der Waals surface area contributed by atoms with E-state index in [1.165, 1.54) is 16.7 Å². The highest BCUT2D eigenvalue weighted by Crippen LogP contribution is 2.40. The topological polar surface area (TPSA) is 36.4 Å². The fraction of sp³-hybridized carbons (Fsp3) is 0.174. The van der Waals surface area contributed by atoms with E-state index in [1.54, 1.807) is 0 Å². The van der Waals surface area contributed by atoms with Gasteiger partial charge in [0.1, 0.15) is 11.4 Å². The quantitative estimate of drug-likeness (QED) is 0.633. The number of benzene rings is 3. The van der Waals surface area contributed by atoms with E-state index in [1.807, 2.05) is 6.07 Å². The Bertz CT molecular complexity index is 956. The van der Waals surface area contributed by atoms with Crippen molar-refractivity contribution in [3.8, 4) is 0 Å². The van der Waals surface area contributed by atoms with Crippen molar-refractivity contribution in [2.75, 3.05) is 10.6 Å². The van der Waals surface area contributed by atoms with Gasteiger partial charge in [-0.25, -0.2) is 4.99 Å². The van der Waals surface area contributed by atoms with E-state index < -0.39 is 5.54 Å². The fourth-order valence-corrected chi connectivity index (χ4v) is 3.33. The smallest absolute Gasteiger partial charge is 0.137 e. The highest BCUT2D eigenvalue weighted by molar-refractivity contribution is 6.09. The molecule has 0 radical (unpaired) electrons. The van der Waals surface area contributed by atoms with Gasteiger partial charge in [-0.05, 0) is 51.1 Å². The second-order valence-electron chi connectivity index (χ2n) is 7.08. The van der Waals surface area contributed by atoms with Crippen LogP contribution in [0.2, 0.25) is 0 Å². The van der Waals surface area contributed by atoms with Crippen LogP contribution >= 0.6 is 0 Å². The van der Waals surface area contributed by atoms with Crippen LogP contribution in [0.1, 0.15) is 23.6 Å². The van der Waals surface area contributed by atoms with Gasteiger partial charge in [0.05, 0.1) is 5.69 Å². The molecular formula is C23H23N3. The summed E-state index contributed by atoms with van der Waals surface area (Å²) in [4.78, 5) is 4.88. The van der Waals surface area contributed by atoms with Crippen molar-refractivity contribution in [3.63, 3.8) is 0 Å². The van der Waals surface area contributed by atoms with Crippen LogP contribution in [0.4, 0.5) is 17.1 Å². The third-order valence-corrected chi connectivity index (χ3v) is 4.91. The summed E-state index contributed by atoms with van der Waals surface area (Å²) in [6.07, 6.45) is 0. The van der Waals surface area contributed by atoms with Crippen molar-refractivity contribution in [2.24, 2.45) is 4.99 Å². The SMILES string of the molecule is Cc1ccc(NC2=Nc3ccccc3[C@]2(C)Nc2ccc(C)cc2)cc1. The van der Waals surface area contributed by atoms with Crippen LogP contribution in [0, 0.1) is 13.8 Å². The zero-order valence-electron chi connectivity index (χ0n) is 15.4. The number of hydrogen-bond acceptors (Lipinski definition) is 3. The molecule has 0 amide bonds. The van der Waals surface area contributed by atoms with E-state index >= 15 is 0 Å². The van der Waals surface area contributed by atoms with Crippen molar-refractivity contribution in [3.05, 3.63) is 89.5 Å². The van der Waals surface area contributed by atoms with Crippen LogP contribution in [0.25, 0.3) is 0 Å². The molecule has 0 unspecified atom stereocenters. The Balaban J connectivity index is 1.71. The summed E-state index contributed by atoms with van der Waals surface area (Å²) in [5.74, 6) is 0.906. The highest BCUT2D eigenvalue weighted by atomic mass is 15.1. The van der Waals surface area contributed by atoms with Gasteiger partial charge in [-0.2, -0.15) is 0 Å². The molecule has 1 aliphatic rings. The fourth-order valence-electron chi connectivity index (χ4n) is 3.33. The molecule has 3 aromatic carbocycles. The second kappa shape index (κ2) is 6.34. The first kappa shape index (κ1) is 16.4. The molecule has 1 aliphatic heterocycles. The molecule has 2 N–H and O–H groups in total. The maximum absolute atomic E-state index is 4.88. The first-order valence-electron chi connectivity index (χ1n) is 8.92. The minimum Gasteiger partial charge on any atom is -0.369 e. The molecule has 1 atom stereocenters. The highest BCUT2D eigenvalue weighted by Gasteiger charge is 2.39. The molecule has 3 aromatic rings. The van der Waals surface area contributed by atoms with Crippen LogP contribution < -0.4 is 10.6 Å². The monoisotopic (exact) mass is 341 g/mol. The molecule has 0 saturated carbocycles. The lowest BCUT2D eigenvalue weighted by molar-refractivity contribution is 0.755. The van der Waals surface area contributed by atoms with Gasteiger partial charge in [0.25, 0.3) is 0 Å². The van der Waals surface area contributed by atoms with E-state index in [2.05, 4.69) is 98.1 Å². The van der Waals surface area contributed by atoms with Crippen LogP contribution in [-0.4, -0.2) is 5.84 Å². The molecule has 1 heterocycles. The lowest BCUT2D eigenvalue weighted by Gasteiger charge is -2.30. The van der Waals surface area contributed by atoms with Crippen molar-refractivity contribution >= 4 is 22.9 Å². The van der Waals surface area contributed by atoms with E-state index in [4.69, 9.17) is 4.99 Å². The first-order valence-corrected chi connectivity index (χ1v) is 8.92. The zero-order valence-corrected chi connectivity index (χ0v) is 15.4. The average molecular weight is 341 g/mol. The van der Waals surface area contributed by atoms with Crippen LogP contribution in [0.15, 0.2) is 77.8 Å². The predicted molar refractivity (Wildman–Crippen MR) is 110 cm³/mol. The third-order valence-electron chi connectivity index (χ3n) is 4.91. The van der Waals surface area contributed by atoms with Crippen LogP contribution in [0.3, 0.4) is 0 Å². The lowest BCUT2D eigenvalue weighted by atomic mass is 9.91. The largest absolute Gasteiger partial charge is 0.369 e. The van der Waals surface area contributed by atoms with E-state index in [0.717, 1.165) is 22.9 Å². The minimum absolute atomic E-state index is 0.420. The Labute approximate surface area is 154 Å². The maximum atomic E-state index is 4.88. The van der Waals surface area contributed by atoms with Crippen molar-refractivity contribution < 1.29 is 0 Å². The van der Waals surface area contributed by atoms with Crippen LogP contribution in [0.5, 0.6) is 0 Å². The number of aryl methyl sites for hydroxylation is 2. The van der Waals surface area contributed by atoms with Gasteiger partial charge in [0.15, 0.2) is 0 Å². The number of anilines is 2. The Morgan fingerprint density at radius 1 is 0.731 bits per heavy atom. The molecule has 3 heteroatoms. The molecule has 130 valence electrons. The van der Waals surface area contributed by atoms with Crippen LogP contribution in [-0.2, 0) is 5.54 Å². The van der Waals surface area contributed by atoms with E-state index in [0.29, 0.717) is 0 Å². The van der Waals surface area contributed by atoms with E-state index in [-0.39, 0.29) is 0 Å². The maximum Gasteiger partial charge on any atom is 0.137 e. The molecule has 3 nitrogen and oxygen atoms in total. The number of para-hydroxylation sites is 1. The molecule has 0 aromatic heterocycles. The average Bonchev–Trinajstić information content (AvgIpc) is 2.91. The van der Waals surface area contributed by atoms with Gasteiger partial charge in [0, 0.05) is 16.9 Å². The van der Waals surface area contributed by atoms with E-state index in [9.17, 15) is 0 Å². The summed E-state index contributed by atoms with van der Waals surface area (Å²) < 4.78 is 0. The lowest BCUT2D eigenvalue weighted by Crippen LogP contribution is -2.42. The van der Waals surface area contributed by atoms with Gasteiger partial charge in [0.2, 0.25) is 0 Å². The number of hydrogen-bond donors (Lipinski definition) is 2. The molecule has 0 spiro atoms. The predicted octanol–water partition coefficient (Wildman–Crippen LogP) is 5.79. The molecule has 4 rings (SSSR count). The van der Waals surface area contributed by atoms with Gasteiger partial charge < -0.3 is 10.6 Å². The summed E-state index contributed by atoms with van der Waals surface area (Å²) in [5.41, 5.74) is 6.37. The van der Waals surface area contributed by atoms with Crippen molar-refractivity contribution in [2.45, 2.75) is 26.3 Å². The number of nitrogens with zero attached hydrogens (tertiary/aromatic N) is 1. The molecule has 0 aliphatic carbocycles. The van der Waals surface area contributed by atoms with Crippen molar-refractivity contribution in [1.29, 1.82) is 0 Å². The van der Waals surface area contributed by atoms with Crippen molar-refractivity contribution in [1.82, 2.24) is 0 Å². The standard InChI is InChI=1S/C23H23N3/c1-16-8-12-18(13-9-16)24-22-23(3,20-6-4-5-7-21(20)25-22)26-19-14-10-17(2)11-15-19/h4-15,26H,1-3H3,(H,24,25)/t23-/m0/s1. The molecule has 0 bridgehead atoms. The number of amidine groups is 1. The van der Waals surface area contributed by atoms with Gasteiger partial charge in [-0.3, -0.25) is 0 Å². The third kappa shape index (κ3) is 2.97. The molecule has 26 heavy (non-hydrogen) atoms. The van der Waals surface area contributed by atoms with Gasteiger partial charge in [-0.15, -0.1) is 0 Å². The Kier molecular flexibility index (Phi) is 4.00. The van der Waals surface area contributed by atoms with Gasteiger partial charge >= 0.3 is 0 Å². The first-order chi connectivity index (χ1) is 12.5. The summed E-state index contributed by atoms with van der Waals surface area (Å²) in [6, 6.07) is 25.2. The second-order valence-corrected chi connectivity index (χ2v) is 7.08. The van der Waals surface area contributed by atoms with Gasteiger partial charge in [-0.1, -0.05) is 53.6 Å². The normalized spacial score (nSPS) is 18.2. The summed E-state index contributed by atoms with van der Waals surface area (Å²) in [7, 11) is 0. The molecular weight excluding hydrogens is 318 g/mol. The summed E-state index contributed by atoms with van der Waals surface area (Å²) in [6.45, 7) is 6.37. The molecule has 0 fully saturated rings. The number of nitrogens with one attached hydrogen (secondary N) is 2. The number of rotatable bonds is 3. The molecule has 0 saturated heterocycles. The summed E-state index contributed by atoms with van der Waals surface area (Å²) >= 11 is 0. The summed E-state index contributed by atoms with van der Waals surface area (Å²) in [5, 5.41) is 7.21. The minimum atomic E-state index is -0.420. The number of aliphatic imine (C=N–C) groups is 1. The Morgan fingerprint density at radius 2 is 1.31 bits per heavy atom. The number of fused-ring (bicyclic) bond motifs is 1.